The van der Waals surface area contributed by atoms with Crippen molar-refractivity contribution in [2.24, 2.45) is 5.92 Å². The first-order valence-electron chi connectivity index (χ1n) is 8.19. The molecule has 1 N–H and O–H groups in total. The van der Waals surface area contributed by atoms with Crippen LogP contribution in [0.4, 0.5) is 0 Å². The molecule has 0 aliphatic carbocycles. The standard InChI is InChI=1S/C18H24ClN3S/c1-13-3-4-15(7-17(13)19)9-22(10-16-5-6-20-8-16)11-18-14(2)21-12-23-18/h3-4,7,12,16,20H,5-6,8-11H2,1-2H3. The quantitative estimate of drug-likeness (QED) is 0.853. The van der Waals surface area contributed by atoms with Crippen molar-refractivity contribution in [2.45, 2.75) is 33.4 Å². The van der Waals surface area contributed by atoms with Crippen LogP contribution in [-0.2, 0) is 13.1 Å². The van der Waals surface area contributed by atoms with Gasteiger partial charge in [-0.05, 0) is 56.5 Å². The van der Waals surface area contributed by atoms with Crippen molar-refractivity contribution < 1.29 is 0 Å². The molecule has 2 heterocycles. The van der Waals surface area contributed by atoms with Crippen molar-refractivity contribution in [3.8, 4) is 0 Å². The number of halogens is 1. The van der Waals surface area contributed by atoms with Crippen molar-refractivity contribution >= 4 is 22.9 Å². The normalized spacial score (nSPS) is 18.0. The molecule has 3 nitrogen and oxygen atoms in total. The molecule has 0 spiro atoms. The fourth-order valence-corrected chi connectivity index (χ4v) is 4.12. The average Bonchev–Trinajstić information content (AvgIpc) is 3.16. The van der Waals surface area contributed by atoms with E-state index in [0.29, 0.717) is 0 Å². The molecule has 3 rings (SSSR count). The number of nitrogens with zero attached hydrogens (tertiary/aromatic N) is 2. The van der Waals surface area contributed by atoms with Crippen LogP contribution in [0.15, 0.2) is 23.7 Å². The third kappa shape index (κ3) is 4.54. The number of thiazole rings is 1. The molecular formula is C18H24ClN3S. The van der Waals surface area contributed by atoms with E-state index in [4.69, 9.17) is 11.6 Å². The van der Waals surface area contributed by atoms with Crippen molar-refractivity contribution in [1.82, 2.24) is 15.2 Å². The van der Waals surface area contributed by atoms with Gasteiger partial charge in [0.05, 0.1) is 11.2 Å². The highest BCUT2D eigenvalue weighted by Crippen LogP contribution is 2.22. The second-order valence-electron chi connectivity index (χ2n) is 6.47. The van der Waals surface area contributed by atoms with Crippen LogP contribution < -0.4 is 5.32 Å². The summed E-state index contributed by atoms with van der Waals surface area (Å²) < 4.78 is 0. The first-order chi connectivity index (χ1) is 11.1. The first kappa shape index (κ1) is 16.9. The number of nitrogens with one attached hydrogen (secondary N) is 1. The Bertz CT molecular complexity index is 649. The van der Waals surface area contributed by atoms with Crippen LogP contribution in [0.3, 0.4) is 0 Å². The van der Waals surface area contributed by atoms with E-state index in [1.807, 2.05) is 5.51 Å². The molecule has 1 aromatic heterocycles. The summed E-state index contributed by atoms with van der Waals surface area (Å²) in [6, 6.07) is 6.42. The van der Waals surface area contributed by atoms with E-state index in [2.05, 4.69) is 47.2 Å². The summed E-state index contributed by atoms with van der Waals surface area (Å²) in [4.78, 5) is 8.30. The maximum atomic E-state index is 6.30. The number of aromatic nitrogens is 1. The predicted molar refractivity (Wildman–Crippen MR) is 98.1 cm³/mol. The van der Waals surface area contributed by atoms with E-state index in [1.54, 1.807) is 11.3 Å². The summed E-state index contributed by atoms with van der Waals surface area (Å²) in [5.41, 5.74) is 5.53. The number of hydrogen-bond acceptors (Lipinski definition) is 4. The lowest BCUT2D eigenvalue weighted by molar-refractivity contribution is 0.222. The minimum atomic E-state index is 0.740. The smallest absolute Gasteiger partial charge is 0.0798 e. The van der Waals surface area contributed by atoms with Crippen LogP contribution in [0.5, 0.6) is 0 Å². The van der Waals surface area contributed by atoms with E-state index in [0.717, 1.165) is 54.9 Å². The molecular weight excluding hydrogens is 326 g/mol. The maximum Gasteiger partial charge on any atom is 0.0798 e. The SMILES string of the molecule is Cc1ccc(CN(Cc2scnc2C)CC2CCNC2)cc1Cl. The molecule has 0 bridgehead atoms. The van der Waals surface area contributed by atoms with Crippen LogP contribution in [0, 0.1) is 19.8 Å². The van der Waals surface area contributed by atoms with Crippen molar-refractivity contribution in [3.63, 3.8) is 0 Å². The second-order valence-corrected chi connectivity index (χ2v) is 7.82. The molecule has 5 heteroatoms. The van der Waals surface area contributed by atoms with Gasteiger partial charge in [-0.15, -0.1) is 11.3 Å². The zero-order valence-electron chi connectivity index (χ0n) is 13.8. The summed E-state index contributed by atoms with van der Waals surface area (Å²) in [7, 11) is 0. The summed E-state index contributed by atoms with van der Waals surface area (Å²) >= 11 is 8.06. The molecule has 1 fully saturated rings. The molecule has 1 atom stereocenters. The Kier molecular flexibility index (Phi) is 5.70. The van der Waals surface area contributed by atoms with E-state index < -0.39 is 0 Å². The molecule has 1 unspecified atom stereocenters. The zero-order valence-corrected chi connectivity index (χ0v) is 15.4. The van der Waals surface area contributed by atoms with E-state index in [9.17, 15) is 0 Å². The maximum absolute atomic E-state index is 6.30. The Labute approximate surface area is 147 Å². The molecule has 0 saturated carbocycles. The molecule has 1 saturated heterocycles. The van der Waals surface area contributed by atoms with Crippen LogP contribution >= 0.6 is 22.9 Å². The molecule has 124 valence electrons. The minimum Gasteiger partial charge on any atom is -0.316 e. The first-order valence-corrected chi connectivity index (χ1v) is 9.44. The van der Waals surface area contributed by atoms with Gasteiger partial charge in [-0.1, -0.05) is 23.7 Å². The van der Waals surface area contributed by atoms with E-state index >= 15 is 0 Å². The van der Waals surface area contributed by atoms with Crippen LogP contribution in [0.25, 0.3) is 0 Å². The summed E-state index contributed by atoms with van der Waals surface area (Å²) in [5, 5.41) is 4.33. The molecule has 1 aromatic carbocycles. The second kappa shape index (κ2) is 7.75. The van der Waals surface area contributed by atoms with Gasteiger partial charge < -0.3 is 5.32 Å². The van der Waals surface area contributed by atoms with Gasteiger partial charge in [-0.25, -0.2) is 4.98 Å². The number of rotatable bonds is 6. The third-order valence-electron chi connectivity index (χ3n) is 4.53. The Morgan fingerprint density at radius 1 is 1.35 bits per heavy atom. The molecule has 0 radical (unpaired) electrons. The van der Waals surface area contributed by atoms with Crippen molar-refractivity contribution in [1.29, 1.82) is 0 Å². The van der Waals surface area contributed by atoms with Crippen LogP contribution in [0.1, 0.15) is 28.1 Å². The Hall–Kier alpha value is -0.940. The lowest BCUT2D eigenvalue weighted by Crippen LogP contribution is -2.30. The van der Waals surface area contributed by atoms with E-state index in [-0.39, 0.29) is 0 Å². The van der Waals surface area contributed by atoms with E-state index in [1.165, 1.54) is 16.9 Å². The topological polar surface area (TPSA) is 28.2 Å². The summed E-state index contributed by atoms with van der Waals surface area (Å²) in [6.45, 7) is 9.46. The van der Waals surface area contributed by atoms with Gasteiger partial charge in [0, 0.05) is 29.5 Å². The predicted octanol–water partition coefficient (Wildman–Crippen LogP) is 4.03. The van der Waals surface area contributed by atoms with Gasteiger partial charge in [0.25, 0.3) is 0 Å². The molecule has 1 aliphatic rings. The molecule has 0 amide bonds. The number of aryl methyl sites for hydroxylation is 2. The number of hydrogen-bond donors (Lipinski definition) is 1. The fourth-order valence-electron chi connectivity index (χ4n) is 3.09. The minimum absolute atomic E-state index is 0.740. The van der Waals surface area contributed by atoms with Crippen molar-refractivity contribution in [3.05, 3.63) is 50.4 Å². The van der Waals surface area contributed by atoms with Gasteiger partial charge in [-0.2, -0.15) is 0 Å². The third-order valence-corrected chi connectivity index (χ3v) is 5.86. The van der Waals surface area contributed by atoms with Gasteiger partial charge in [0.2, 0.25) is 0 Å². The van der Waals surface area contributed by atoms with Gasteiger partial charge >= 0.3 is 0 Å². The highest BCUT2D eigenvalue weighted by atomic mass is 35.5. The highest BCUT2D eigenvalue weighted by Gasteiger charge is 2.19. The van der Waals surface area contributed by atoms with Crippen molar-refractivity contribution in [2.75, 3.05) is 19.6 Å². The van der Waals surface area contributed by atoms with Crippen LogP contribution in [-0.4, -0.2) is 29.5 Å². The van der Waals surface area contributed by atoms with Gasteiger partial charge in [-0.3, -0.25) is 4.90 Å². The molecule has 23 heavy (non-hydrogen) atoms. The zero-order chi connectivity index (χ0) is 16.2. The fraction of sp³-hybridized carbons (Fsp3) is 0.500. The Balaban J connectivity index is 1.73. The summed E-state index contributed by atoms with van der Waals surface area (Å²) in [6.07, 6.45) is 1.27. The lowest BCUT2D eigenvalue weighted by atomic mass is 10.1. The molecule has 2 aromatic rings. The Morgan fingerprint density at radius 2 is 2.22 bits per heavy atom. The Morgan fingerprint density at radius 3 is 2.87 bits per heavy atom. The molecule has 1 aliphatic heterocycles. The summed E-state index contributed by atoms with van der Waals surface area (Å²) in [5.74, 6) is 0.740. The largest absolute Gasteiger partial charge is 0.316 e. The monoisotopic (exact) mass is 349 g/mol. The average molecular weight is 350 g/mol. The van der Waals surface area contributed by atoms with Crippen LogP contribution in [0.2, 0.25) is 5.02 Å². The number of benzene rings is 1. The van der Waals surface area contributed by atoms with Gasteiger partial charge in [0.15, 0.2) is 0 Å². The highest BCUT2D eigenvalue weighted by molar-refractivity contribution is 7.09. The lowest BCUT2D eigenvalue weighted by Gasteiger charge is -2.25. The van der Waals surface area contributed by atoms with Gasteiger partial charge in [0.1, 0.15) is 0 Å².